The molecule has 0 unspecified atom stereocenters. The first-order valence-electron chi connectivity index (χ1n) is 8.23. The van der Waals surface area contributed by atoms with E-state index in [-0.39, 0.29) is 5.97 Å². The Morgan fingerprint density at radius 2 is 1.92 bits per heavy atom. The number of rotatable bonds is 7. The standard InChI is InChI=1S/C21H21NO3/c1-3-4-8-21(23)25-20-7-5-6-16(14-20)13-18(15-22)17-9-11-19(24-2)12-10-17/h5-7,9-14H,3-4,8H2,1-2H3/b18-13-. The summed E-state index contributed by atoms with van der Waals surface area (Å²) in [5, 5.41) is 9.44. The largest absolute Gasteiger partial charge is 0.497 e. The molecule has 0 saturated carbocycles. The van der Waals surface area contributed by atoms with Crippen molar-refractivity contribution >= 4 is 17.6 Å². The zero-order valence-corrected chi connectivity index (χ0v) is 14.5. The summed E-state index contributed by atoms with van der Waals surface area (Å²) in [6.07, 6.45) is 3.94. The van der Waals surface area contributed by atoms with Crippen LogP contribution >= 0.6 is 0 Å². The summed E-state index contributed by atoms with van der Waals surface area (Å²) in [6, 6.07) is 16.7. The Kier molecular flexibility index (Phi) is 6.79. The van der Waals surface area contributed by atoms with E-state index in [1.807, 2.05) is 37.3 Å². The number of carbonyl (C=O) groups excluding carboxylic acids is 1. The maximum Gasteiger partial charge on any atom is 0.311 e. The van der Waals surface area contributed by atoms with Crippen LogP contribution in [0.2, 0.25) is 0 Å². The lowest BCUT2D eigenvalue weighted by atomic mass is 10.0. The molecule has 0 N–H and O–H groups in total. The monoisotopic (exact) mass is 335 g/mol. The Bertz CT molecular complexity index is 786. The Morgan fingerprint density at radius 3 is 2.56 bits per heavy atom. The number of hydrogen-bond donors (Lipinski definition) is 0. The van der Waals surface area contributed by atoms with Crippen molar-refractivity contribution in [2.75, 3.05) is 7.11 Å². The minimum atomic E-state index is -0.237. The number of nitriles is 1. The van der Waals surface area contributed by atoms with Gasteiger partial charge in [-0.15, -0.1) is 0 Å². The normalized spacial score (nSPS) is 10.8. The predicted octanol–water partition coefficient (Wildman–Crippen LogP) is 4.85. The molecule has 0 saturated heterocycles. The molecule has 4 nitrogen and oxygen atoms in total. The van der Waals surface area contributed by atoms with Gasteiger partial charge in [-0.05, 0) is 60.0 Å². The summed E-state index contributed by atoms with van der Waals surface area (Å²) in [7, 11) is 1.60. The van der Waals surface area contributed by atoms with E-state index in [0.29, 0.717) is 17.7 Å². The molecule has 0 aliphatic rings. The van der Waals surface area contributed by atoms with Crippen LogP contribution in [0.15, 0.2) is 48.5 Å². The van der Waals surface area contributed by atoms with Crippen molar-refractivity contribution < 1.29 is 14.3 Å². The molecule has 2 rings (SSSR count). The van der Waals surface area contributed by atoms with Gasteiger partial charge < -0.3 is 9.47 Å². The van der Waals surface area contributed by atoms with Gasteiger partial charge in [0.2, 0.25) is 0 Å². The molecule has 0 heterocycles. The number of allylic oxidation sites excluding steroid dienone is 1. The van der Waals surface area contributed by atoms with E-state index < -0.39 is 0 Å². The van der Waals surface area contributed by atoms with Crippen molar-refractivity contribution in [2.24, 2.45) is 0 Å². The predicted molar refractivity (Wildman–Crippen MR) is 98.1 cm³/mol. The van der Waals surface area contributed by atoms with Crippen LogP contribution in [-0.4, -0.2) is 13.1 Å². The lowest BCUT2D eigenvalue weighted by Crippen LogP contribution is -2.07. The second-order valence-corrected chi connectivity index (χ2v) is 5.55. The van der Waals surface area contributed by atoms with Crippen molar-refractivity contribution in [1.29, 1.82) is 5.26 Å². The fourth-order valence-corrected chi connectivity index (χ4v) is 2.29. The van der Waals surface area contributed by atoms with E-state index in [9.17, 15) is 10.1 Å². The van der Waals surface area contributed by atoms with Gasteiger partial charge >= 0.3 is 5.97 Å². The molecule has 0 bridgehead atoms. The molecule has 2 aromatic carbocycles. The van der Waals surface area contributed by atoms with Crippen molar-refractivity contribution in [2.45, 2.75) is 26.2 Å². The van der Waals surface area contributed by atoms with Crippen molar-refractivity contribution in [3.8, 4) is 17.6 Å². The van der Waals surface area contributed by atoms with Gasteiger partial charge in [-0.25, -0.2) is 0 Å². The van der Waals surface area contributed by atoms with Crippen LogP contribution in [0.3, 0.4) is 0 Å². The molecule has 128 valence electrons. The lowest BCUT2D eigenvalue weighted by molar-refractivity contribution is -0.134. The Balaban J connectivity index is 2.18. The highest BCUT2D eigenvalue weighted by Gasteiger charge is 2.06. The molecule has 0 spiro atoms. The summed E-state index contributed by atoms with van der Waals surface area (Å²) >= 11 is 0. The van der Waals surface area contributed by atoms with Crippen LogP contribution in [0.1, 0.15) is 37.3 Å². The number of ether oxygens (including phenoxy) is 2. The average molecular weight is 335 g/mol. The van der Waals surface area contributed by atoms with Crippen molar-refractivity contribution in [3.63, 3.8) is 0 Å². The quantitative estimate of drug-likeness (QED) is 0.314. The zero-order chi connectivity index (χ0) is 18.1. The fourth-order valence-electron chi connectivity index (χ4n) is 2.29. The summed E-state index contributed by atoms with van der Waals surface area (Å²) in [4.78, 5) is 11.7. The van der Waals surface area contributed by atoms with E-state index in [2.05, 4.69) is 6.07 Å². The third-order valence-electron chi connectivity index (χ3n) is 3.66. The molecule has 0 atom stereocenters. The molecule has 0 radical (unpaired) electrons. The van der Waals surface area contributed by atoms with E-state index in [1.165, 1.54) is 0 Å². The van der Waals surface area contributed by atoms with Gasteiger partial charge in [0.1, 0.15) is 11.5 Å². The van der Waals surface area contributed by atoms with Crippen LogP contribution < -0.4 is 9.47 Å². The number of hydrogen-bond acceptors (Lipinski definition) is 4. The van der Waals surface area contributed by atoms with Crippen LogP contribution in [0, 0.1) is 11.3 Å². The number of unbranched alkanes of at least 4 members (excludes halogenated alkanes) is 1. The second-order valence-electron chi connectivity index (χ2n) is 5.55. The number of carbonyl (C=O) groups is 1. The smallest absolute Gasteiger partial charge is 0.311 e. The highest BCUT2D eigenvalue weighted by Crippen LogP contribution is 2.22. The van der Waals surface area contributed by atoms with Crippen LogP contribution in [0.25, 0.3) is 11.6 Å². The molecule has 0 amide bonds. The molecule has 0 aliphatic heterocycles. The first kappa shape index (κ1) is 18.3. The summed E-state index contributed by atoms with van der Waals surface area (Å²) in [5.41, 5.74) is 2.12. The highest BCUT2D eigenvalue weighted by atomic mass is 16.5. The van der Waals surface area contributed by atoms with Gasteiger partial charge in [0.25, 0.3) is 0 Å². The molecular weight excluding hydrogens is 314 g/mol. The molecule has 4 heteroatoms. The second kappa shape index (κ2) is 9.29. The number of nitrogens with zero attached hydrogens (tertiary/aromatic N) is 1. The van der Waals surface area contributed by atoms with Gasteiger partial charge in [-0.2, -0.15) is 5.26 Å². The number of benzene rings is 2. The summed E-state index contributed by atoms with van der Waals surface area (Å²) < 4.78 is 10.5. The molecule has 2 aromatic rings. The molecule has 0 fully saturated rings. The molecule has 0 aromatic heterocycles. The van der Waals surface area contributed by atoms with Crippen LogP contribution in [-0.2, 0) is 4.79 Å². The number of methoxy groups -OCH3 is 1. The van der Waals surface area contributed by atoms with Crippen molar-refractivity contribution in [3.05, 3.63) is 59.7 Å². The summed E-state index contributed by atoms with van der Waals surface area (Å²) in [5.74, 6) is 0.988. The van der Waals surface area contributed by atoms with E-state index in [4.69, 9.17) is 9.47 Å². The fraction of sp³-hybridized carbons (Fsp3) is 0.238. The molecular formula is C21H21NO3. The third kappa shape index (κ3) is 5.50. The van der Waals surface area contributed by atoms with Crippen molar-refractivity contribution in [1.82, 2.24) is 0 Å². The van der Waals surface area contributed by atoms with Gasteiger partial charge in [0.15, 0.2) is 0 Å². The van der Waals surface area contributed by atoms with E-state index >= 15 is 0 Å². The maximum atomic E-state index is 11.7. The first-order valence-corrected chi connectivity index (χ1v) is 8.23. The minimum Gasteiger partial charge on any atom is -0.497 e. The first-order chi connectivity index (χ1) is 12.2. The van der Waals surface area contributed by atoms with Gasteiger partial charge in [0, 0.05) is 6.42 Å². The summed E-state index contributed by atoms with van der Waals surface area (Å²) in [6.45, 7) is 2.03. The zero-order valence-electron chi connectivity index (χ0n) is 14.5. The SMILES string of the molecule is CCCCC(=O)Oc1cccc(/C=C(/C#N)c2ccc(OC)cc2)c1. The van der Waals surface area contributed by atoms with Crippen LogP contribution in [0.4, 0.5) is 0 Å². The number of esters is 1. The molecule has 0 aliphatic carbocycles. The Hall–Kier alpha value is -3.06. The highest BCUT2D eigenvalue weighted by molar-refractivity contribution is 5.89. The Morgan fingerprint density at radius 1 is 1.16 bits per heavy atom. The maximum absolute atomic E-state index is 11.7. The topological polar surface area (TPSA) is 59.3 Å². The van der Waals surface area contributed by atoms with E-state index in [0.717, 1.165) is 29.7 Å². The molecule has 25 heavy (non-hydrogen) atoms. The lowest BCUT2D eigenvalue weighted by Gasteiger charge is -2.06. The van der Waals surface area contributed by atoms with E-state index in [1.54, 1.807) is 31.4 Å². The van der Waals surface area contributed by atoms with Gasteiger partial charge in [0.05, 0.1) is 18.8 Å². The third-order valence-corrected chi connectivity index (χ3v) is 3.66. The van der Waals surface area contributed by atoms with Crippen LogP contribution in [0.5, 0.6) is 11.5 Å². The van der Waals surface area contributed by atoms with Gasteiger partial charge in [-0.3, -0.25) is 4.79 Å². The minimum absolute atomic E-state index is 0.237. The van der Waals surface area contributed by atoms with Gasteiger partial charge in [-0.1, -0.05) is 25.5 Å². The Labute approximate surface area is 148 Å². The average Bonchev–Trinajstić information content (AvgIpc) is 2.65.